The van der Waals surface area contributed by atoms with Crippen LogP contribution in [0.1, 0.15) is 24.8 Å². The van der Waals surface area contributed by atoms with Gasteiger partial charge in [-0.15, -0.1) is 0 Å². The van der Waals surface area contributed by atoms with E-state index in [1.54, 1.807) is 24.3 Å². The van der Waals surface area contributed by atoms with Crippen molar-refractivity contribution in [2.45, 2.75) is 38.0 Å². The van der Waals surface area contributed by atoms with Crippen LogP contribution in [-0.2, 0) is 30.5 Å². The number of hydrogen-bond donors (Lipinski definition) is 3. The molecule has 0 aliphatic carbocycles. The molecular formula is C16H18N2O6. The van der Waals surface area contributed by atoms with Crippen molar-refractivity contribution in [2.75, 3.05) is 0 Å². The second-order valence-electron chi connectivity index (χ2n) is 5.41. The maximum absolute atomic E-state index is 11.9. The van der Waals surface area contributed by atoms with Gasteiger partial charge in [0.1, 0.15) is 18.7 Å². The van der Waals surface area contributed by atoms with E-state index in [1.807, 2.05) is 6.07 Å². The lowest BCUT2D eigenvalue weighted by molar-refractivity contribution is -0.151. The molecule has 0 unspecified atom stereocenters. The quantitative estimate of drug-likeness (QED) is 0.602. The average Bonchev–Trinajstić information content (AvgIpc) is 3.00. The first-order valence-corrected chi connectivity index (χ1v) is 7.48. The maximum atomic E-state index is 11.9. The van der Waals surface area contributed by atoms with Gasteiger partial charge in [0.05, 0.1) is 6.42 Å². The molecule has 24 heavy (non-hydrogen) atoms. The summed E-state index contributed by atoms with van der Waals surface area (Å²) in [6.07, 6.45) is 0.0268. The van der Waals surface area contributed by atoms with E-state index in [1.165, 1.54) is 0 Å². The Labute approximate surface area is 138 Å². The third-order valence-corrected chi connectivity index (χ3v) is 3.54. The number of amides is 2. The lowest BCUT2D eigenvalue weighted by Gasteiger charge is -2.17. The monoisotopic (exact) mass is 334 g/mol. The number of aliphatic carboxylic acids is 1. The molecule has 2 rings (SSSR count). The van der Waals surface area contributed by atoms with Crippen LogP contribution >= 0.6 is 0 Å². The van der Waals surface area contributed by atoms with Gasteiger partial charge in [0.15, 0.2) is 0 Å². The zero-order chi connectivity index (χ0) is 17.5. The second-order valence-corrected chi connectivity index (χ2v) is 5.41. The molecule has 128 valence electrons. The molecule has 2 amide bonds. The largest absolute Gasteiger partial charge is 0.480 e. The summed E-state index contributed by atoms with van der Waals surface area (Å²) >= 11 is 0. The molecule has 2 atom stereocenters. The van der Waals surface area contributed by atoms with Crippen LogP contribution in [0.2, 0.25) is 0 Å². The zero-order valence-corrected chi connectivity index (χ0v) is 12.9. The van der Waals surface area contributed by atoms with Crippen molar-refractivity contribution >= 4 is 23.8 Å². The van der Waals surface area contributed by atoms with Crippen LogP contribution in [0.3, 0.4) is 0 Å². The number of benzene rings is 1. The van der Waals surface area contributed by atoms with Crippen LogP contribution in [-0.4, -0.2) is 40.9 Å². The molecule has 0 aromatic heterocycles. The molecule has 0 bridgehead atoms. The summed E-state index contributed by atoms with van der Waals surface area (Å²) in [4.78, 5) is 46.0. The molecule has 3 N–H and O–H groups in total. The van der Waals surface area contributed by atoms with Crippen LogP contribution in [0, 0.1) is 0 Å². The Morgan fingerprint density at radius 2 is 2.00 bits per heavy atom. The molecule has 1 fully saturated rings. The smallest absolute Gasteiger partial charge is 0.326 e. The number of rotatable bonds is 7. The lowest BCUT2D eigenvalue weighted by Crippen LogP contribution is -2.49. The summed E-state index contributed by atoms with van der Waals surface area (Å²) in [6.45, 7) is 0.0264. The van der Waals surface area contributed by atoms with Gasteiger partial charge in [0.2, 0.25) is 11.8 Å². The molecule has 1 aliphatic rings. The molecule has 0 saturated carbocycles. The molecule has 1 saturated heterocycles. The third-order valence-electron chi connectivity index (χ3n) is 3.54. The molecule has 8 heteroatoms. The van der Waals surface area contributed by atoms with Crippen LogP contribution in [0.5, 0.6) is 0 Å². The van der Waals surface area contributed by atoms with E-state index in [0.717, 1.165) is 5.56 Å². The highest BCUT2D eigenvalue weighted by atomic mass is 16.5. The van der Waals surface area contributed by atoms with Gasteiger partial charge in [-0.05, 0) is 12.0 Å². The Kier molecular flexibility index (Phi) is 5.89. The fraction of sp³-hybridized carbons (Fsp3) is 0.375. The highest BCUT2D eigenvalue weighted by Gasteiger charge is 2.31. The van der Waals surface area contributed by atoms with Crippen molar-refractivity contribution < 1.29 is 29.0 Å². The van der Waals surface area contributed by atoms with Crippen molar-refractivity contribution in [3.05, 3.63) is 35.9 Å². The molecule has 1 heterocycles. The van der Waals surface area contributed by atoms with Gasteiger partial charge >= 0.3 is 11.9 Å². The van der Waals surface area contributed by atoms with Gasteiger partial charge in [-0.3, -0.25) is 14.4 Å². The first-order chi connectivity index (χ1) is 11.5. The van der Waals surface area contributed by atoms with Crippen LogP contribution in [0.4, 0.5) is 0 Å². The van der Waals surface area contributed by atoms with Gasteiger partial charge in [-0.1, -0.05) is 30.3 Å². The van der Waals surface area contributed by atoms with Crippen molar-refractivity contribution in [1.29, 1.82) is 0 Å². The van der Waals surface area contributed by atoms with Crippen LogP contribution < -0.4 is 10.6 Å². The molecule has 1 aromatic carbocycles. The van der Waals surface area contributed by atoms with Gasteiger partial charge in [-0.2, -0.15) is 0 Å². The summed E-state index contributed by atoms with van der Waals surface area (Å²) in [5.41, 5.74) is 0.774. The standard InChI is InChI=1S/C16H18N2O6/c19-13-7-6-11(17-13)15(21)18-12(16(22)23)8-14(20)24-9-10-4-2-1-3-5-10/h1-5,11-12H,6-9H2,(H,17,19)(H,18,21)(H,22,23)/t11-,12+/m0/s1. The van der Waals surface area contributed by atoms with E-state index in [-0.39, 0.29) is 18.9 Å². The van der Waals surface area contributed by atoms with E-state index < -0.39 is 36.4 Å². The van der Waals surface area contributed by atoms with Crippen LogP contribution in [0.25, 0.3) is 0 Å². The van der Waals surface area contributed by atoms with Crippen molar-refractivity contribution in [3.63, 3.8) is 0 Å². The number of esters is 1. The van der Waals surface area contributed by atoms with Gasteiger partial charge in [-0.25, -0.2) is 4.79 Å². The van der Waals surface area contributed by atoms with Crippen molar-refractivity contribution in [2.24, 2.45) is 0 Å². The SMILES string of the molecule is O=C1CC[C@@H](C(=O)N[C@H](CC(=O)OCc2ccccc2)C(=O)O)N1. The topological polar surface area (TPSA) is 122 Å². The number of nitrogens with one attached hydrogen (secondary N) is 2. The Bertz CT molecular complexity index is 631. The highest BCUT2D eigenvalue weighted by molar-refractivity contribution is 5.93. The predicted octanol–water partition coefficient (Wildman–Crippen LogP) is -0.0321. The van der Waals surface area contributed by atoms with Gasteiger partial charge in [0.25, 0.3) is 0 Å². The normalized spacial score (nSPS) is 17.7. The number of hydrogen-bond acceptors (Lipinski definition) is 5. The first kappa shape index (κ1) is 17.5. The predicted molar refractivity (Wildman–Crippen MR) is 81.6 cm³/mol. The molecule has 0 radical (unpaired) electrons. The van der Waals surface area contributed by atoms with Gasteiger partial charge in [0, 0.05) is 6.42 Å². The average molecular weight is 334 g/mol. The Morgan fingerprint density at radius 3 is 2.58 bits per heavy atom. The zero-order valence-electron chi connectivity index (χ0n) is 12.9. The number of ether oxygens (including phenoxy) is 1. The van der Waals surface area contributed by atoms with Crippen molar-refractivity contribution in [3.8, 4) is 0 Å². The minimum Gasteiger partial charge on any atom is -0.480 e. The Hall–Kier alpha value is -2.90. The lowest BCUT2D eigenvalue weighted by atomic mass is 10.1. The fourth-order valence-electron chi connectivity index (χ4n) is 2.25. The number of carboxylic acids is 1. The molecular weight excluding hydrogens is 316 g/mol. The summed E-state index contributed by atoms with van der Waals surface area (Å²) in [7, 11) is 0. The third kappa shape index (κ3) is 5.08. The fourth-order valence-corrected chi connectivity index (χ4v) is 2.25. The molecule has 1 aliphatic heterocycles. The van der Waals surface area contributed by atoms with Gasteiger partial charge < -0.3 is 20.5 Å². The number of carbonyl (C=O) groups is 4. The molecule has 0 spiro atoms. The Morgan fingerprint density at radius 1 is 1.29 bits per heavy atom. The molecule has 1 aromatic rings. The first-order valence-electron chi connectivity index (χ1n) is 7.48. The van der Waals surface area contributed by atoms with Crippen molar-refractivity contribution in [1.82, 2.24) is 10.6 Å². The number of carbonyl (C=O) groups excluding carboxylic acids is 3. The maximum Gasteiger partial charge on any atom is 0.326 e. The summed E-state index contributed by atoms with van der Waals surface area (Å²) in [5, 5.41) is 13.8. The highest BCUT2D eigenvalue weighted by Crippen LogP contribution is 2.08. The minimum absolute atomic E-state index is 0.0264. The second kappa shape index (κ2) is 8.09. The Balaban J connectivity index is 1.83. The molecule has 8 nitrogen and oxygen atoms in total. The minimum atomic E-state index is -1.40. The summed E-state index contributed by atoms with van der Waals surface area (Å²) in [6, 6.07) is 6.78. The van der Waals surface area contributed by atoms with E-state index in [4.69, 9.17) is 9.84 Å². The van der Waals surface area contributed by atoms with E-state index in [9.17, 15) is 19.2 Å². The van der Waals surface area contributed by atoms with E-state index in [0.29, 0.717) is 6.42 Å². The van der Waals surface area contributed by atoms with Crippen LogP contribution in [0.15, 0.2) is 30.3 Å². The summed E-state index contributed by atoms with van der Waals surface area (Å²) in [5.74, 6) is -2.96. The summed E-state index contributed by atoms with van der Waals surface area (Å²) < 4.78 is 5.01. The van der Waals surface area contributed by atoms with E-state index in [2.05, 4.69) is 10.6 Å². The van der Waals surface area contributed by atoms with E-state index >= 15 is 0 Å². The number of carboxylic acid groups (broad SMARTS) is 1.